The van der Waals surface area contributed by atoms with Gasteiger partial charge in [-0.1, -0.05) is 65.3 Å². The summed E-state index contributed by atoms with van der Waals surface area (Å²) in [6, 6.07) is 21.3. The van der Waals surface area contributed by atoms with E-state index in [1.54, 1.807) is 0 Å². The van der Waals surface area contributed by atoms with E-state index >= 15 is 0 Å². The van der Waals surface area contributed by atoms with Gasteiger partial charge in [-0.2, -0.15) is 0 Å². The van der Waals surface area contributed by atoms with Crippen molar-refractivity contribution in [3.8, 4) is 0 Å². The van der Waals surface area contributed by atoms with Crippen LogP contribution in [0.4, 0.5) is 11.4 Å². The van der Waals surface area contributed by atoms with Crippen LogP contribution < -0.4 is 16.4 Å². The molecule has 1 aliphatic heterocycles. The predicted octanol–water partition coefficient (Wildman–Crippen LogP) is 5.98. The number of carboxylic acids is 1. The predicted molar refractivity (Wildman–Crippen MR) is 144 cm³/mol. The van der Waals surface area contributed by atoms with Gasteiger partial charge < -0.3 is 21.5 Å². The molecule has 4 rings (SSSR count). The van der Waals surface area contributed by atoms with Crippen molar-refractivity contribution < 1.29 is 14.7 Å². The van der Waals surface area contributed by atoms with Crippen LogP contribution in [0.2, 0.25) is 0 Å². The number of anilines is 2. The van der Waals surface area contributed by atoms with Gasteiger partial charge in [-0.3, -0.25) is 9.59 Å². The average Bonchev–Trinajstić information content (AvgIpc) is 3.16. The number of hydrogen-bond donors (Lipinski definition) is 4. The number of hydrogen-bond acceptors (Lipinski definition) is 4. The number of carbonyl (C=O) groups is 2. The summed E-state index contributed by atoms with van der Waals surface area (Å²) in [7, 11) is 0. The first kappa shape index (κ1) is 24.7. The second-order valence-corrected chi connectivity index (χ2v) is 9.87. The Morgan fingerprint density at radius 2 is 1.77 bits per heavy atom. The van der Waals surface area contributed by atoms with Gasteiger partial charge in [-0.05, 0) is 60.7 Å². The molecule has 1 atom stereocenters. The first-order valence-electron chi connectivity index (χ1n) is 11.5. The number of fused-ring (bicyclic) bond motifs is 1. The smallest absolute Gasteiger partial charge is 0.303 e. The summed E-state index contributed by atoms with van der Waals surface area (Å²) in [5.41, 5.74) is 12.4. The number of carbonyl (C=O) groups excluding carboxylic acids is 1. The fourth-order valence-electron chi connectivity index (χ4n) is 4.04. The Morgan fingerprint density at radius 1 is 1.09 bits per heavy atom. The van der Waals surface area contributed by atoms with Crippen LogP contribution in [-0.2, 0) is 21.5 Å². The highest BCUT2D eigenvalue weighted by molar-refractivity contribution is 9.10. The third-order valence-corrected chi connectivity index (χ3v) is 6.89. The zero-order chi connectivity index (χ0) is 25.2. The number of halogens is 1. The quantitative estimate of drug-likeness (QED) is 0.266. The molecule has 6 nitrogen and oxygen atoms in total. The third-order valence-electron chi connectivity index (χ3n) is 6.39. The maximum atomic E-state index is 13.1. The number of aryl methyl sites for hydroxylation is 1. The van der Waals surface area contributed by atoms with Gasteiger partial charge in [0.15, 0.2) is 0 Å². The van der Waals surface area contributed by atoms with Gasteiger partial charge >= 0.3 is 5.97 Å². The average molecular weight is 534 g/mol. The number of aliphatic carboxylic acids is 1. The minimum absolute atomic E-state index is 0.0698. The lowest BCUT2D eigenvalue weighted by molar-refractivity contribution is -0.137. The summed E-state index contributed by atoms with van der Waals surface area (Å²) >= 11 is 3.47. The van der Waals surface area contributed by atoms with E-state index in [4.69, 9.17) is 10.8 Å². The minimum Gasteiger partial charge on any atom is -0.481 e. The lowest BCUT2D eigenvalue weighted by Crippen LogP contribution is -2.31. The van der Waals surface area contributed by atoms with E-state index in [1.807, 2.05) is 73.7 Å². The molecule has 0 bridgehead atoms. The summed E-state index contributed by atoms with van der Waals surface area (Å²) in [4.78, 5) is 24.0. The number of rotatable bonds is 8. The molecule has 35 heavy (non-hydrogen) atoms. The van der Waals surface area contributed by atoms with Gasteiger partial charge in [0, 0.05) is 27.7 Å². The number of carboxylic acid groups (broad SMARTS) is 1. The number of nitrogens with one attached hydrogen (secondary N) is 2. The van der Waals surface area contributed by atoms with E-state index in [9.17, 15) is 9.59 Å². The molecule has 1 aliphatic rings. The van der Waals surface area contributed by atoms with E-state index in [1.165, 1.54) is 0 Å². The van der Waals surface area contributed by atoms with Crippen molar-refractivity contribution in [3.63, 3.8) is 0 Å². The summed E-state index contributed by atoms with van der Waals surface area (Å²) in [5.74, 6) is -1.02. The van der Waals surface area contributed by atoms with Gasteiger partial charge in [-0.25, -0.2) is 0 Å². The first-order valence-corrected chi connectivity index (χ1v) is 12.3. The molecule has 0 aliphatic carbocycles. The largest absolute Gasteiger partial charge is 0.481 e. The summed E-state index contributed by atoms with van der Waals surface area (Å²) in [6.07, 6.45) is 1.33. The molecule has 0 aromatic heterocycles. The third kappa shape index (κ3) is 5.47. The van der Waals surface area contributed by atoms with Crippen molar-refractivity contribution in [2.45, 2.75) is 38.6 Å². The molecule has 0 spiro atoms. The Labute approximate surface area is 213 Å². The van der Waals surface area contributed by atoms with Crippen LogP contribution in [0, 0.1) is 0 Å². The molecular formula is C28H28BrN3O3. The van der Waals surface area contributed by atoms with E-state index < -0.39 is 11.5 Å². The molecule has 1 unspecified atom stereocenters. The van der Waals surface area contributed by atoms with E-state index in [0.29, 0.717) is 17.7 Å². The van der Waals surface area contributed by atoms with Crippen molar-refractivity contribution in [2.75, 3.05) is 10.6 Å². The molecule has 5 N–H and O–H groups in total. The van der Waals surface area contributed by atoms with Crippen LogP contribution in [0.5, 0.6) is 0 Å². The van der Waals surface area contributed by atoms with Crippen LogP contribution in [0.3, 0.4) is 0 Å². The molecule has 1 heterocycles. The molecule has 1 amide bonds. The SMILES string of the molecule is CCC(C)(N)c1ccc(N/C(=C2\C(=O)Nc3cc(Br)ccc32)c2ccc(CCC(=O)O)cc2)cc1. The highest BCUT2D eigenvalue weighted by Gasteiger charge is 2.28. The fourth-order valence-corrected chi connectivity index (χ4v) is 4.41. The number of benzene rings is 3. The monoisotopic (exact) mass is 533 g/mol. The zero-order valence-electron chi connectivity index (χ0n) is 19.7. The Bertz CT molecular complexity index is 1300. The van der Waals surface area contributed by atoms with Gasteiger partial charge in [0.05, 0.1) is 17.0 Å². The molecule has 180 valence electrons. The number of amides is 1. The Hall–Kier alpha value is -3.42. The van der Waals surface area contributed by atoms with Gasteiger partial charge in [-0.15, -0.1) is 0 Å². The van der Waals surface area contributed by atoms with Crippen molar-refractivity contribution in [1.29, 1.82) is 0 Å². The van der Waals surface area contributed by atoms with Gasteiger partial charge in [0.25, 0.3) is 5.91 Å². The van der Waals surface area contributed by atoms with Crippen LogP contribution >= 0.6 is 15.9 Å². The fraction of sp³-hybridized carbons (Fsp3) is 0.214. The molecule has 0 radical (unpaired) electrons. The Morgan fingerprint density at radius 3 is 2.40 bits per heavy atom. The molecule has 0 saturated heterocycles. The van der Waals surface area contributed by atoms with Crippen molar-refractivity contribution in [1.82, 2.24) is 0 Å². The lowest BCUT2D eigenvalue weighted by atomic mass is 9.90. The standard InChI is InChI=1S/C28H28BrN3O3/c1-3-28(2,30)19-9-12-21(13-10-19)31-26(18-7-4-17(5-8-18)6-15-24(33)34)25-22-14-11-20(29)16-23(22)32-27(25)35/h4-5,7-14,16,31H,3,6,15,30H2,1-2H3,(H,32,35)(H,33,34)/b26-25-. The second-order valence-electron chi connectivity index (χ2n) is 8.96. The van der Waals surface area contributed by atoms with Crippen LogP contribution in [0.25, 0.3) is 11.3 Å². The summed E-state index contributed by atoms with van der Waals surface area (Å²) < 4.78 is 0.881. The lowest BCUT2D eigenvalue weighted by Gasteiger charge is -2.24. The van der Waals surface area contributed by atoms with Crippen LogP contribution in [-0.4, -0.2) is 17.0 Å². The zero-order valence-corrected chi connectivity index (χ0v) is 21.3. The van der Waals surface area contributed by atoms with E-state index in [0.717, 1.165) is 44.5 Å². The first-order chi connectivity index (χ1) is 16.7. The summed E-state index contributed by atoms with van der Waals surface area (Å²) in [5, 5.41) is 15.4. The Kier molecular flexibility index (Phi) is 7.10. The van der Waals surface area contributed by atoms with E-state index in [2.05, 4.69) is 33.5 Å². The van der Waals surface area contributed by atoms with E-state index in [-0.39, 0.29) is 12.3 Å². The molecule has 7 heteroatoms. The minimum atomic E-state index is -0.830. The molecule has 0 saturated carbocycles. The van der Waals surface area contributed by atoms with Gasteiger partial charge in [0.1, 0.15) is 0 Å². The highest BCUT2D eigenvalue weighted by atomic mass is 79.9. The van der Waals surface area contributed by atoms with Crippen molar-refractivity contribution >= 4 is 50.5 Å². The molecular weight excluding hydrogens is 506 g/mol. The van der Waals surface area contributed by atoms with Crippen molar-refractivity contribution in [3.05, 3.63) is 93.5 Å². The molecule has 0 fully saturated rings. The van der Waals surface area contributed by atoms with Crippen molar-refractivity contribution in [2.24, 2.45) is 5.73 Å². The van der Waals surface area contributed by atoms with Crippen LogP contribution in [0.15, 0.2) is 71.2 Å². The molecule has 3 aromatic rings. The maximum absolute atomic E-state index is 13.1. The Balaban J connectivity index is 1.76. The second kappa shape index (κ2) is 10.1. The topological polar surface area (TPSA) is 104 Å². The normalized spacial score (nSPS) is 15.7. The molecule has 3 aromatic carbocycles. The highest BCUT2D eigenvalue weighted by Crippen LogP contribution is 2.39. The summed E-state index contributed by atoms with van der Waals surface area (Å²) in [6.45, 7) is 4.07. The van der Waals surface area contributed by atoms with Gasteiger partial charge in [0.2, 0.25) is 0 Å². The van der Waals surface area contributed by atoms with Crippen LogP contribution in [0.1, 0.15) is 48.9 Å². The maximum Gasteiger partial charge on any atom is 0.303 e. The number of nitrogens with two attached hydrogens (primary N) is 1.